The van der Waals surface area contributed by atoms with Crippen LogP contribution in [-0.2, 0) is 0 Å². The minimum Gasteiger partial charge on any atom is -0.508 e. The normalized spacial score (nSPS) is 12.0. The summed E-state index contributed by atoms with van der Waals surface area (Å²) >= 11 is 0. The molecule has 1 unspecified atom stereocenters. The van der Waals surface area contributed by atoms with Gasteiger partial charge in [-0.15, -0.1) is 0 Å². The van der Waals surface area contributed by atoms with Gasteiger partial charge < -0.3 is 5.11 Å². The summed E-state index contributed by atoms with van der Waals surface area (Å²) < 4.78 is 0. The van der Waals surface area contributed by atoms with Gasteiger partial charge in [0.15, 0.2) is 0 Å². The van der Waals surface area contributed by atoms with Gasteiger partial charge in [0.1, 0.15) is 5.75 Å². The van der Waals surface area contributed by atoms with Gasteiger partial charge in [-0.25, -0.2) is 0 Å². The summed E-state index contributed by atoms with van der Waals surface area (Å²) in [6.45, 7) is 1.93. The molecule has 0 saturated carbocycles. The van der Waals surface area contributed by atoms with Crippen molar-refractivity contribution in [3.05, 3.63) is 29.8 Å². The highest BCUT2D eigenvalue weighted by Crippen LogP contribution is 2.26. The smallest absolute Gasteiger partial charge is 0.120 e. The Balaban J connectivity index is 3.02. The van der Waals surface area contributed by atoms with Gasteiger partial charge in [0, 0.05) is 5.56 Å². The SMILES string of the molecule is CCC(C#N)c1ccccc1O. The van der Waals surface area contributed by atoms with E-state index in [2.05, 4.69) is 6.07 Å². The first kappa shape index (κ1) is 8.61. The molecule has 62 valence electrons. The third-order valence-electron chi connectivity index (χ3n) is 1.88. The molecule has 0 radical (unpaired) electrons. The summed E-state index contributed by atoms with van der Waals surface area (Å²) in [4.78, 5) is 0. The van der Waals surface area contributed by atoms with Gasteiger partial charge >= 0.3 is 0 Å². The lowest BCUT2D eigenvalue weighted by molar-refractivity contribution is 0.465. The lowest BCUT2D eigenvalue weighted by Gasteiger charge is -2.07. The third kappa shape index (κ3) is 1.57. The summed E-state index contributed by atoms with van der Waals surface area (Å²) in [5, 5.41) is 18.1. The molecule has 0 amide bonds. The van der Waals surface area contributed by atoms with Gasteiger partial charge in [-0.05, 0) is 12.5 Å². The zero-order chi connectivity index (χ0) is 8.97. The number of nitriles is 1. The number of hydrogen-bond donors (Lipinski definition) is 1. The van der Waals surface area contributed by atoms with Crippen LogP contribution >= 0.6 is 0 Å². The fourth-order valence-corrected chi connectivity index (χ4v) is 1.16. The van der Waals surface area contributed by atoms with Crippen LogP contribution in [0.25, 0.3) is 0 Å². The van der Waals surface area contributed by atoms with Crippen molar-refractivity contribution in [1.29, 1.82) is 5.26 Å². The maximum atomic E-state index is 9.39. The van der Waals surface area contributed by atoms with E-state index >= 15 is 0 Å². The molecule has 1 aromatic rings. The third-order valence-corrected chi connectivity index (χ3v) is 1.88. The zero-order valence-corrected chi connectivity index (χ0v) is 6.99. The van der Waals surface area contributed by atoms with Crippen molar-refractivity contribution in [2.24, 2.45) is 0 Å². The summed E-state index contributed by atoms with van der Waals surface area (Å²) in [7, 11) is 0. The summed E-state index contributed by atoms with van der Waals surface area (Å²) in [5.74, 6) is 0.0251. The molecule has 0 fully saturated rings. The van der Waals surface area contributed by atoms with Gasteiger partial charge in [-0.3, -0.25) is 0 Å². The second kappa shape index (κ2) is 3.77. The quantitative estimate of drug-likeness (QED) is 0.723. The maximum absolute atomic E-state index is 9.39. The van der Waals surface area contributed by atoms with Gasteiger partial charge in [0.05, 0.1) is 12.0 Å². The predicted octanol–water partition coefficient (Wildman–Crippen LogP) is 2.41. The van der Waals surface area contributed by atoms with Crippen LogP contribution in [0.1, 0.15) is 24.8 Å². The minimum atomic E-state index is -0.189. The Morgan fingerprint density at radius 3 is 2.67 bits per heavy atom. The van der Waals surface area contributed by atoms with Crippen LogP contribution < -0.4 is 0 Å². The van der Waals surface area contributed by atoms with Crippen molar-refractivity contribution in [1.82, 2.24) is 0 Å². The van der Waals surface area contributed by atoms with Gasteiger partial charge in [-0.2, -0.15) is 5.26 Å². The average Bonchev–Trinajstić information content (AvgIpc) is 2.10. The molecule has 0 aliphatic heterocycles. The molecule has 12 heavy (non-hydrogen) atoms. The maximum Gasteiger partial charge on any atom is 0.120 e. The Morgan fingerprint density at radius 2 is 2.17 bits per heavy atom. The van der Waals surface area contributed by atoms with E-state index in [4.69, 9.17) is 5.26 Å². The van der Waals surface area contributed by atoms with E-state index < -0.39 is 0 Å². The molecule has 0 heterocycles. The summed E-state index contributed by atoms with van der Waals surface area (Å²) in [5.41, 5.74) is 0.725. The van der Waals surface area contributed by atoms with Crippen molar-refractivity contribution in [2.45, 2.75) is 19.3 Å². The van der Waals surface area contributed by atoms with Crippen LogP contribution in [0.2, 0.25) is 0 Å². The second-order valence-corrected chi connectivity index (χ2v) is 2.65. The van der Waals surface area contributed by atoms with E-state index in [-0.39, 0.29) is 11.7 Å². The molecule has 1 rings (SSSR count). The number of nitrogens with zero attached hydrogens (tertiary/aromatic N) is 1. The molecular formula is C10H11NO. The molecule has 0 spiro atoms. The molecule has 1 N–H and O–H groups in total. The number of hydrogen-bond acceptors (Lipinski definition) is 2. The topological polar surface area (TPSA) is 44.0 Å². The molecule has 0 aromatic heterocycles. The fraction of sp³-hybridized carbons (Fsp3) is 0.300. The van der Waals surface area contributed by atoms with Crippen molar-refractivity contribution in [2.75, 3.05) is 0 Å². The monoisotopic (exact) mass is 161 g/mol. The van der Waals surface area contributed by atoms with Crippen LogP contribution in [-0.4, -0.2) is 5.11 Å². The summed E-state index contributed by atoms with van der Waals surface area (Å²) in [6, 6.07) is 9.12. The number of para-hydroxylation sites is 1. The Labute approximate surface area is 72.1 Å². The van der Waals surface area contributed by atoms with E-state index in [0.29, 0.717) is 0 Å². The van der Waals surface area contributed by atoms with Crippen LogP contribution in [0, 0.1) is 11.3 Å². The Hall–Kier alpha value is -1.49. The molecule has 0 aliphatic rings. The van der Waals surface area contributed by atoms with Gasteiger partial charge in [0.25, 0.3) is 0 Å². The molecule has 1 atom stereocenters. The van der Waals surface area contributed by atoms with Crippen molar-refractivity contribution in [3.8, 4) is 11.8 Å². The highest BCUT2D eigenvalue weighted by Gasteiger charge is 2.10. The van der Waals surface area contributed by atoms with Crippen molar-refractivity contribution < 1.29 is 5.11 Å². The van der Waals surface area contributed by atoms with Crippen LogP contribution in [0.5, 0.6) is 5.75 Å². The standard InChI is InChI=1S/C10H11NO/c1-2-8(7-11)9-5-3-4-6-10(9)12/h3-6,8,12H,2H2,1H3. The Kier molecular flexibility index (Phi) is 2.71. The van der Waals surface area contributed by atoms with E-state index in [1.165, 1.54) is 0 Å². The van der Waals surface area contributed by atoms with Crippen molar-refractivity contribution >= 4 is 0 Å². The second-order valence-electron chi connectivity index (χ2n) is 2.65. The fourth-order valence-electron chi connectivity index (χ4n) is 1.16. The van der Waals surface area contributed by atoms with Crippen molar-refractivity contribution in [3.63, 3.8) is 0 Å². The highest BCUT2D eigenvalue weighted by molar-refractivity contribution is 5.37. The Morgan fingerprint density at radius 1 is 1.50 bits per heavy atom. The average molecular weight is 161 g/mol. The number of phenolic OH excluding ortho intramolecular Hbond substituents is 1. The highest BCUT2D eigenvalue weighted by atomic mass is 16.3. The first-order valence-corrected chi connectivity index (χ1v) is 3.97. The predicted molar refractivity (Wildman–Crippen MR) is 46.8 cm³/mol. The minimum absolute atomic E-state index is 0.189. The number of benzene rings is 1. The van der Waals surface area contributed by atoms with Gasteiger partial charge in [-0.1, -0.05) is 25.1 Å². The molecule has 0 aliphatic carbocycles. The number of phenols is 1. The lowest BCUT2D eigenvalue weighted by atomic mass is 9.97. The first-order valence-electron chi connectivity index (χ1n) is 3.97. The molecule has 0 saturated heterocycles. The molecule has 2 heteroatoms. The Bertz CT molecular complexity index is 301. The van der Waals surface area contributed by atoms with E-state index in [1.54, 1.807) is 18.2 Å². The zero-order valence-electron chi connectivity index (χ0n) is 6.99. The van der Waals surface area contributed by atoms with Crippen LogP contribution in [0.3, 0.4) is 0 Å². The molecule has 2 nitrogen and oxygen atoms in total. The van der Waals surface area contributed by atoms with Gasteiger partial charge in [0.2, 0.25) is 0 Å². The number of aromatic hydroxyl groups is 1. The molecular weight excluding hydrogens is 150 g/mol. The first-order chi connectivity index (χ1) is 5.79. The largest absolute Gasteiger partial charge is 0.508 e. The van der Waals surface area contributed by atoms with E-state index in [1.807, 2.05) is 13.0 Å². The van der Waals surface area contributed by atoms with E-state index in [0.717, 1.165) is 12.0 Å². The van der Waals surface area contributed by atoms with Crippen LogP contribution in [0.4, 0.5) is 0 Å². The van der Waals surface area contributed by atoms with E-state index in [9.17, 15) is 5.11 Å². The number of rotatable bonds is 2. The van der Waals surface area contributed by atoms with Crippen LogP contribution in [0.15, 0.2) is 24.3 Å². The molecule has 1 aromatic carbocycles. The summed E-state index contributed by atoms with van der Waals surface area (Å²) in [6.07, 6.45) is 0.730. The lowest BCUT2D eigenvalue weighted by Crippen LogP contribution is -1.93. The molecule has 0 bridgehead atoms.